The summed E-state index contributed by atoms with van der Waals surface area (Å²) in [7, 11) is 0. The molecule has 1 heterocycles. The van der Waals surface area contributed by atoms with Gasteiger partial charge in [-0.2, -0.15) is 5.10 Å². The van der Waals surface area contributed by atoms with E-state index in [2.05, 4.69) is 24.3 Å². The van der Waals surface area contributed by atoms with E-state index in [9.17, 15) is 0 Å². The van der Waals surface area contributed by atoms with Crippen LogP contribution in [0, 0.1) is 6.92 Å². The van der Waals surface area contributed by atoms with Crippen LogP contribution in [0.5, 0.6) is 0 Å². The number of hydrogen-bond acceptors (Lipinski definition) is 2. The van der Waals surface area contributed by atoms with Crippen LogP contribution in [-0.2, 0) is 6.54 Å². The summed E-state index contributed by atoms with van der Waals surface area (Å²) in [4.78, 5) is 0. The minimum Gasteiger partial charge on any atom is -0.315 e. The normalized spacial score (nSPS) is 11.1. The summed E-state index contributed by atoms with van der Waals surface area (Å²) in [5.74, 6) is 0. The Morgan fingerprint density at radius 1 is 1.43 bits per heavy atom. The smallest absolute Gasteiger partial charge is 0.0593 e. The molecule has 1 N–H and O–H groups in total. The van der Waals surface area contributed by atoms with Crippen molar-refractivity contribution in [3.05, 3.63) is 18.0 Å². The molecule has 3 nitrogen and oxygen atoms in total. The van der Waals surface area contributed by atoms with Crippen molar-refractivity contribution in [3.8, 4) is 0 Å². The van der Waals surface area contributed by atoms with E-state index >= 15 is 0 Å². The van der Waals surface area contributed by atoms with Gasteiger partial charge in [-0.1, -0.05) is 13.8 Å². The van der Waals surface area contributed by atoms with Crippen molar-refractivity contribution in [3.63, 3.8) is 0 Å². The maximum atomic E-state index is 4.34. The van der Waals surface area contributed by atoms with Crippen LogP contribution >= 0.6 is 0 Å². The average molecular weight is 195 g/mol. The molecule has 0 atom stereocenters. The molecule has 80 valence electrons. The van der Waals surface area contributed by atoms with E-state index in [4.69, 9.17) is 0 Å². The van der Waals surface area contributed by atoms with Crippen LogP contribution < -0.4 is 5.32 Å². The molecule has 0 aromatic carbocycles. The van der Waals surface area contributed by atoms with Crippen LogP contribution in [0.3, 0.4) is 0 Å². The number of aromatic nitrogens is 2. The number of hydrogen-bond donors (Lipinski definition) is 1. The average Bonchev–Trinajstić information content (AvgIpc) is 2.50. The highest BCUT2D eigenvalue weighted by atomic mass is 15.3. The molecule has 0 saturated carbocycles. The summed E-state index contributed by atoms with van der Waals surface area (Å²) < 4.78 is 2.02. The Morgan fingerprint density at radius 2 is 2.21 bits per heavy atom. The first-order valence-electron chi connectivity index (χ1n) is 5.42. The number of nitrogens with zero attached hydrogens (tertiary/aromatic N) is 2. The first-order chi connectivity index (χ1) is 6.68. The van der Waals surface area contributed by atoms with E-state index in [1.807, 2.05) is 23.9 Å². The second-order valence-corrected chi connectivity index (χ2v) is 4.04. The number of unbranched alkanes of at least 4 members (excludes halogenated alkanes) is 1. The van der Waals surface area contributed by atoms with E-state index in [0.29, 0.717) is 6.04 Å². The largest absolute Gasteiger partial charge is 0.315 e. The van der Waals surface area contributed by atoms with E-state index in [-0.39, 0.29) is 0 Å². The topological polar surface area (TPSA) is 29.9 Å². The van der Waals surface area contributed by atoms with E-state index in [1.165, 1.54) is 12.8 Å². The molecule has 0 radical (unpaired) electrons. The van der Waals surface area contributed by atoms with Crippen molar-refractivity contribution in [1.29, 1.82) is 0 Å². The maximum absolute atomic E-state index is 4.34. The Labute approximate surface area is 86.5 Å². The molecule has 3 heteroatoms. The lowest BCUT2D eigenvalue weighted by atomic mass is 10.3. The molecule has 1 aromatic heterocycles. The second kappa shape index (κ2) is 5.81. The summed E-state index contributed by atoms with van der Waals surface area (Å²) in [6.07, 6.45) is 4.46. The van der Waals surface area contributed by atoms with Crippen molar-refractivity contribution in [2.24, 2.45) is 0 Å². The standard InChI is InChI=1S/C11H21N3/c1-10(2)12-7-4-5-8-14-9-6-11(3)13-14/h6,9-10,12H,4-5,7-8H2,1-3H3. The number of aryl methyl sites for hydroxylation is 2. The molecule has 0 bridgehead atoms. The zero-order chi connectivity index (χ0) is 10.4. The Bertz CT molecular complexity index is 253. The third-order valence-electron chi connectivity index (χ3n) is 2.14. The molecule has 0 amide bonds. The van der Waals surface area contributed by atoms with E-state index in [1.54, 1.807) is 0 Å². The van der Waals surface area contributed by atoms with Crippen molar-refractivity contribution in [2.45, 2.75) is 46.2 Å². The van der Waals surface area contributed by atoms with Crippen LogP contribution in [0.1, 0.15) is 32.4 Å². The molecular formula is C11H21N3. The lowest BCUT2D eigenvalue weighted by Gasteiger charge is -2.07. The van der Waals surface area contributed by atoms with Crippen molar-refractivity contribution >= 4 is 0 Å². The van der Waals surface area contributed by atoms with Crippen LogP contribution in [0.25, 0.3) is 0 Å². The molecule has 0 aliphatic heterocycles. The lowest BCUT2D eigenvalue weighted by molar-refractivity contribution is 0.511. The minimum atomic E-state index is 0.599. The highest BCUT2D eigenvalue weighted by molar-refractivity contribution is 4.94. The van der Waals surface area contributed by atoms with Crippen LogP contribution in [0.15, 0.2) is 12.3 Å². The first kappa shape index (κ1) is 11.2. The third kappa shape index (κ3) is 4.42. The third-order valence-corrected chi connectivity index (χ3v) is 2.14. The highest BCUT2D eigenvalue weighted by Crippen LogP contribution is 1.96. The fraction of sp³-hybridized carbons (Fsp3) is 0.727. The summed E-state index contributed by atoms with van der Waals surface area (Å²) in [6.45, 7) is 8.52. The summed E-state index contributed by atoms with van der Waals surface area (Å²) in [6, 6.07) is 2.65. The zero-order valence-corrected chi connectivity index (χ0v) is 9.45. The molecule has 0 fully saturated rings. The summed E-state index contributed by atoms with van der Waals surface area (Å²) >= 11 is 0. The van der Waals surface area contributed by atoms with E-state index < -0.39 is 0 Å². The molecule has 0 saturated heterocycles. The Morgan fingerprint density at radius 3 is 2.79 bits per heavy atom. The van der Waals surface area contributed by atoms with Gasteiger partial charge in [0.1, 0.15) is 0 Å². The predicted octanol–water partition coefficient (Wildman–Crippen LogP) is 1.97. The first-order valence-corrected chi connectivity index (χ1v) is 5.42. The van der Waals surface area contributed by atoms with Gasteiger partial charge in [-0.15, -0.1) is 0 Å². The molecule has 0 aliphatic carbocycles. The van der Waals surface area contributed by atoms with Gasteiger partial charge in [-0.05, 0) is 32.4 Å². The Balaban J connectivity index is 2.04. The van der Waals surface area contributed by atoms with Gasteiger partial charge >= 0.3 is 0 Å². The SMILES string of the molecule is Cc1ccn(CCCCNC(C)C)n1. The quantitative estimate of drug-likeness (QED) is 0.703. The molecule has 0 spiro atoms. The maximum Gasteiger partial charge on any atom is 0.0593 e. The van der Waals surface area contributed by atoms with Crippen molar-refractivity contribution < 1.29 is 0 Å². The fourth-order valence-corrected chi connectivity index (χ4v) is 1.38. The molecular weight excluding hydrogens is 174 g/mol. The fourth-order valence-electron chi connectivity index (χ4n) is 1.38. The molecule has 0 unspecified atom stereocenters. The van der Waals surface area contributed by atoms with E-state index in [0.717, 1.165) is 18.8 Å². The van der Waals surface area contributed by atoms with Crippen LogP contribution in [0.4, 0.5) is 0 Å². The number of nitrogens with one attached hydrogen (secondary N) is 1. The van der Waals surface area contributed by atoms with Gasteiger partial charge < -0.3 is 5.32 Å². The Kier molecular flexibility index (Phi) is 4.66. The second-order valence-electron chi connectivity index (χ2n) is 4.04. The van der Waals surface area contributed by atoms with Crippen molar-refractivity contribution in [1.82, 2.24) is 15.1 Å². The molecule has 1 aromatic rings. The minimum absolute atomic E-state index is 0.599. The molecule has 14 heavy (non-hydrogen) atoms. The zero-order valence-electron chi connectivity index (χ0n) is 9.45. The number of rotatable bonds is 6. The van der Waals surface area contributed by atoms with Gasteiger partial charge in [0.05, 0.1) is 5.69 Å². The van der Waals surface area contributed by atoms with Crippen LogP contribution in [0.2, 0.25) is 0 Å². The van der Waals surface area contributed by atoms with Gasteiger partial charge in [-0.3, -0.25) is 4.68 Å². The van der Waals surface area contributed by atoms with Gasteiger partial charge in [-0.25, -0.2) is 0 Å². The molecule has 0 aliphatic rings. The predicted molar refractivity (Wildman–Crippen MR) is 59.3 cm³/mol. The highest BCUT2D eigenvalue weighted by Gasteiger charge is 1.95. The summed E-state index contributed by atoms with van der Waals surface area (Å²) in [5.41, 5.74) is 1.10. The monoisotopic (exact) mass is 195 g/mol. The van der Waals surface area contributed by atoms with Crippen molar-refractivity contribution in [2.75, 3.05) is 6.54 Å². The van der Waals surface area contributed by atoms with Crippen LogP contribution in [-0.4, -0.2) is 22.4 Å². The van der Waals surface area contributed by atoms with Gasteiger partial charge in [0.25, 0.3) is 0 Å². The van der Waals surface area contributed by atoms with Gasteiger partial charge in [0.2, 0.25) is 0 Å². The van der Waals surface area contributed by atoms with Gasteiger partial charge in [0, 0.05) is 18.8 Å². The molecule has 1 rings (SSSR count). The van der Waals surface area contributed by atoms with Gasteiger partial charge in [0.15, 0.2) is 0 Å². The lowest BCUT2D eigenvalue weighted by Crippen LogP contribution is -2.23. The Hall–Kier alpha value is -0.830. The summed E-state index contributed by atoms with van der Waals surface area (Å²) in [5, 5.41) is 7.75.